The van der Waals surface area contributed by atoms with E-state index in [0.717, 1.165) is 27.7 Å². The number of halogens is 1. The first-order chi connectivity index (χ1) is 18.0. The molecule has 10 heteroatoms. The first-order valence-corrected chi connectivity index (χ1v) is 11.6. The van der Waals surface area contributed by atoms with Gasteiger partial charge < -0.3 is 10.6 Å². The van der Waals surface area contributed by atoms with E-state index in [1.54, 1.807) is 36.7 Å². The lowest BCUT2D eigenvalue weighted by atomic mass is 10.0. The number of non-ortho nitro benzene ring substituents is 1. The largest absolute Gasteiger partial charge is 0.338 e. The summed E-state index contributed by atoms with van der Waals surface area (Å²) in [7, 11) is 0. The van der Waals surface area contributed by atoms with Crippen LogP contribution in [0.25, 0.3) is 10.8 Å². The molecule has 37 heavy (non-hydrogen) atoms. The maximum absolute atomic E-state index is 12.8. The summed E-state index contributed by atoms with van der Waals surface area (Å²) in [5.74, 6) is 0.0385. The van der Waals surface area contributed by atoms with E-state index in [1.807, 2.05) is 30.3 Å². The number of pyridine rings is 1. The second-order valence-corrected chi connectivity index (χ2v) is 8.62. The van der Waals surface area contributed by atoms with Crippen molar-refractivity contribution in [3.63, 3.8) is 0 Å². The standard InChI is InChI=1S/C27H19ClN6O3/c28-19-4-6-20(7-5-19)30-26-24-16-21(31-27(35)18-2-1-3-22(15-18)34(36)37)8-9-23(24)25(32-33-26)14-17-10-12-29-13-11-17/h1-13,15-16H,14H2,(H,30,33)(H,31,35). The molecule has 0 radical (unpaired) electrons. The minimum atomic E-state index is -0.537. The number of anilines is 3. The number of nitrogens with one attached hydrogen (secondary N) is 2. The van der Waals surface area contributed by atoms with Crippen LogP contribution in [-0.2, 0) is 6.42 Å². The fourth-order valence-corrected chi connectivity index (χ4v) is 3.96. The van der Waals surface area contributed by atoms with Gasteiger partial charge in [-0.2, -0.15) is 5.10 Å². The number of carbonyl (C=O) groups excluding carboxylic acids is 1. The van der Waals surface area contributed by atoms with Crippen molar-refractivity contribution in [3.8, 4) is 0 Å². The molecule has 9 nitrogen and oxygen atoms in total. The third-order valence-electron chi connectivity index (χ3n) is 5.66. The van der Waals surface area contributed by atoms with Crippen molar-refractivity contribution in [2.75, 3.05) is 10.6 Å². The normalized spacial score (nSPS) is 10.7. The van der Waals surface area contributed by atoms with Crippen molar-refractivity contribution < 1.29 is 9.72 Å². The highest BCUT2D eigenvalue weighted by Crippen LogP contribution is 2.30. The van der Waals surface area contributed by atoms with Gasteiger partial charge in [-0.15, -0.1) is 5.10 Å². The van der Waals surface area contributed by atoms with Gasteiger partial charge in [0.1, 0.15) is 0 Å². The summed E-state index contributed by atoms with van der Waals surface area (Å²) in [5.41, 5.74) is 3.10. The quantitative estimate of drug-likeness (QED) is 0.198. The number of fused-ring (bicyclic) bond motifs is 1. The summed E-state index contributed by atoms with van der Waals surface area (Å²) < 4.78 is 0. The topological polar surface area (TPSA) is 123 Å². The molecule has 2 N–H and O–H groups in total. The number of hydrogen-bond donors (Lipinski definition) is 2. The Labute approximate surface area is 216 Å². The van der Waals surface area contributed by atoms with E-state index in [2.05, 4.69) is 25.8 Å². The van der Waals surface area contributed by atoms with Gasteiger partial charge in [-0.05, 0) is 60.2 Å². The molecule has 0 aliphatic heterocycles. The summed E-state index contributed by atoms with van der Waals surface area (Å²) in [6, 6.07) is 22.0. The van der Waals surface area contributed by atoms with Crippen molar-refractivity contribution in [1.82, 2.24) is 15.2 Å². The number of hydrogen-bond acceptors (Lipinski definition) is 7. The Morgan fingerprint density at radius 1 is 0.892 bits per heavy atom. The van der Waals surface area contributed by atoms with Gasteiger partial charge in [0.15, 0.2) is 5.82 Å². The van der Waals surface area contributed by atoms with E-state index in [9.17, 15) is 14.9 Å². The Morgan fingerprint density at radius 2 is 1.65 bits per heavy atom. The molecule has 0 unspecified atom stereocenters. The minimum Gasteiger partial charge on any atom is -0.338 e. The van der Waals surface area contributed by atoms with E-state index < -0.39 is 10.8 Å². The van der Waals surface area contributed by atoms with Crippen LogP contribution in [0.1, 0.15) is 21.6 Å². The number of benzene rings is 3. The molecule has 182 valence electrons. The van der Waals surface area contributed by atoms with E-state index in [0.29, 0.717) is 22.9 Å². The molecule has 0 atom stereocenters. The summed E-state index contributed by atoms with van der Waals surface area (Å²) in [6.07, 6.45) is 4.00. The van der Waals surface area contributed by atoms with Crippen LogP contribution in [0.15, 0.2) is 91.3 Å². The van der Waals surface area contributed by atoms with Crippen LogP contribution >= 0.6 is 11.6 Å². The van der Waals surface area contributed by atoms with Gasteiger partial charge in [-0.25, -0.2) is 0 Å². The predicted molar refractivity (Wildman–Crippen MR) is 142 cm³/mol. The van der Waals surface area contributed by atoms with Crippen LogP contribution in [0.3, 0.4) is 0 Å². The minimum absolute atomic E-state index is 0.156. The molecule has 1 amide bonds. The van der Waals surface area contributed by atoms with E-state index >= 15 is 0 Å². The molecular weight excluding hydrogens is 492 g/mol. The van der Waals surface area contributed by atoms with Crippen LogP contribution < -0.4 is 10.6 Å². The van der Waals surface area contributed by atoms with Crippen molar-refractivity contribution >= 4 is 51.2 Å². The molecule has 5 aromatic rings. The zero-order valence-electron chi connectivity index (χ0n) is 19.3. The summed E-state index contributed by atoms with van der Waals surface area (Å²) in [5, 5.41) is 28.3. The molecular formula is C27H19ClN6O3. The average molecular weight is 511 g/mol. The zero-order chi connectivity index (χ0) is 25.8. The molecule has 2 heterocycles. The highest BCUT2D eigenvalue weighted by Gasteiger charge is 2.15. The van der Waals surface area contributed by atoms with Crippen molar-refractivity contribution in [3.05, 3.63) is 123 Å². The van der Waals surface area contributed by atoms with Gasteiger partial charge in [-0.1, -0.05) is 23.7 Å². The summed E-state index contributed by atoms with van der Waals surface area (Å²) in [6.45, 7) is 0. The molecule has 3 aromatic carbocycles. The lowest BCUT2D eigenvalue weighted by molar-refractivity contribution is -0.384. The molecule has 0 fully saturated rings. The lowest BCUT2D eigenvalue weighted by Gasteiger charge is -2.13. The third kappa shape index (κ3) is 5.52. The Hall–Kier alpha value is -4.89. The Kier molecular flexibility index (Phi) is 6.69. The number of carbonyl (C=O) groups is 1. The average Bonchev–Trinajstić information content (AvgIpc) is 2.92. The molecule has 0 spiro atoms. The molecule has 0 bridgehead atoms. The maximum Gasteiger partial charge on any atom is 0.270 e. The van der Waals surface area contributed by atoms with Crippen LogP contribution in [0.2, 0.25) is 5.02 Å². The predicted octanol–water partition coefficient (Wildman–Crippen LogP) is 6.17. The Balaban J connectivity index is 1.52. The van der Waals surface area contributed by atoms with Crippen molar-refractivity contribution in [1.29, 1.82) is 0 Å². The monoisotopic (exact) mass is 510 g/mol. The summed E-state index contributed by atoms with van der Waals surface area (Å²) in [4.78, 5) is 27.5. The number of rotatable bonds is 7. The summed E-state index contributed by atoms with van der Waals surface area (Å²) >= 11 is 6.02. The molecule has 0 aliphatic rings. The van der Waals surface area contributed by atoms with Gasteiger partial charge in [0.2, 0.25) is 0 Å². The fraction of sp³-hybridized carbons (Fsp3) is 0.0370. The van der Waals surface area contributed by atoms with Gasteiger partial charge in [-0.3, -0.25) is 19.9 Å². The highest BCUT2D eigenvalue weighted by atomic mass is 35.5. The van der Waals surface area contributed by atoms with Crippen molar-refractivity contribution in [2.24, 2.45) is 0 Å². The third-order valence-corrected chi connectivity index (χ3v) is 5.91. The number of nitro benzene ring substituents is 1. The molecule has 5 rings (SSSR count). The number of aromatic nitrogens is 3. The second kappa shape index (κ2) is 10.4. The Morgan fingerprint density at radius 3 is 2.41 bits per heavy atom. The zero-order valence-corrected chi connectivity index (χ0v) is 20.0. The maximum atomic E-state index is 12.8. The first kappa shape index (κ1) is 23.8. The van der Waals surface area contributed by atoms with Crippen molar-refractivity contribution in [2.45, 2.75) is 6.42 Å². The van der Waals surface area contributed by atoms with Crippen LogP contribution in [0, 0.1) is 10.1 Å². The van der Waals surface area contributed by atoms with Gasteiger partial charge in [0.05, 0.1) is 10.6 Å². The Bertz CT molecular complexity index is 1610. The van der Waals surface area contributed by atoms with Gasteiger partial charge >= 0.3 is 0 Å². The second-order valence-electron chi connectivity index (χ2n) is 8.18. The smallest absolute Gasteiger partial charge is 0.270 e. The van der Waals surface area contributed by atoms with Crippen LogP contribution in [0.4, 0.5) is 22.9 Å². The number of nitro groups is 1. The molecule has 0 aliphatic carbocycles. The molecule has 0 saturated heterocycles. The number of amides is 1. The lowest BCUT2D eigenvalue weighted by Crippen LogP contribution is -2.12. The highest BCUT2D eigenvalue weighted by molar-refractivity contribution is 6.30. The molecule has 2 aromatic heterocycles. The fourth-order valence-electron chi connectivity index (χ4n) is 3.84. The van der Waals surface area contributed by atoms with E-state index in [-0.39, 0.29) is 11.3 Å². The SMILES string of the molecule is O=C(Nc1ccc2c(Cc3ccncc3)nnc(Nc3ccc(Cl)cc3)c2c1)c1cccc([N+](=O)[O-])c1. The van der Waals surface area contributed by atoms with Gasteiger partial charge in [0.25, 0.3) is 11.6 Å². The van der Waals surface area contributed by atoms with Crippen LogP contribution in [-0.4, -0.2) is 26.0 Å². The molecule has 0 saturated carbocycles. The van der Waals surface area contributed by atoms with E-state index in [1.165, 1.54) is 24.3 Å². The van der Waals surface area contributed by atoms with E-state index in [4.69, 9.17) is 11.6 Å². The van der Waals surface area contributed by atoms with Gasteiger partial charge in [0, 0.05) is 63.7 Å². The number of nitrogens with zero attached hydrogens (tertiary/aromatic N) is 4. The van der Waals surface area contributed by atoms with Crippen LogP contribution in [0.5, 0.6) is 0 Å². The first-order valence-electron chi connectivity index (χ1n) is 11.2.